The van der Waals surface area contributed by atoms with Crippen LogP contribution < -0.4 is 20.0 Å². The number of nitrogens with one attached hydrogen (secondary N) is 2. The maximum atomic E-state index is 15.0. The molecule has 2 aromatic rings. The minimum Gasteiger partial charge on any atom is -0.534 e. The van der Waals surface area contributed by atoms with E-state index in [-0.39, 0.29) is 49.6 Å². The summed E-state index contributed by atoms with van der Waals surface area (Å²) in [5.41, 5.74) is -0.499. The molecule has 5 amide bonds. The second kappa shape index (κ2) is 12.0. The predicted octanol–water partition coefficient (Wildman–Crippen LogP) is -0.965. The zero-order valence-corrected chi connectivity index (χ0v) is 21.4. The van der Waals surface area contributed by atoms with Gasteiger partial charge in [-0.25, -0.2) is 14.0 Å². The van der Waals surface area contributed by atoms with Gasteiger partial charge in [-0.3, -0.25) is 29.1 Å². The Morgan fingerprint density at radius 2 is 2.05 bits per heavy atom. The lowest BCUT2D eigenvalue weighted by atomic mass is 9.72. The van der Waals surface area contributed by atoms with Crippen LogP contribution in [0.3, 0.4) is 0 Å². The van der Waals surface area contributed by atoms with Gasteiger partial charge in [0.1, 0.15) is 11.4 Å². The van der Waals surface area contributed by atoms with E-state index in [9.17, 15) is 38.9 Å². The Labute approximate surface area is 231 Å². The van der Waals surface area contributed by atoms with Gasteiger partial charge < -0.3 is 35.1 Å². The molecule has 4 rings (SSSR count). The number of aromatic nitrogens is 1. The van der Waals surface area contributed by atoms with Crippen LogP contribution in [0, 0.1) is 5.82 Å². The Bertz CT molecular complexity index is 1430. The van der Waals surface area contributed by atoms with Gasteiger partial charge in [-0.2, -0.15) is 0 Å². The number of ether oxygens (including phenoxy) is 1. The van der Waals surface area contributed by atoms with Crippen LogP contribution in [0.1, 0.15) is 34.6 Å². The van der Waals surface area contributed by atoms with Gasteiger partial charge >= 0.3 is 30.9 Å². The van der Waals surface area contributed by atoms with Crippen molar-refractivity contribution >= 4 is 43.3 Å². The Morgan fingerprint density at radius 1 is 1.29 bits per heavy atom. The Balaban J connectivity index is 1.60. The maximum absolute atomic E-state index is 15.0. The lowest BCUT2D eigenvalue weighted by Gasteiger charge is -2.33. The monoisotopic (exact) mass is 571 g/mol. The van der Waals surface area contributed by atoms with Gasteiger partial charge in [-0.05, 0) is 25.0 Å². The van der Waals surface area contributed by atoms with Gasteiger partial charge in [0.2, 0.25) is 5.91 Å². The van der Waals surface area contributed by atoms with E-state index in [4.69, 9.17) is 4.65 Å². The molecule has 2 atom stereocenters. The number of carboxylic acid groups (broad SMARTS) is 1. The number of halogens is 1. The summed E-state index contributed by atoms with van der Waals surface area (Å²) >= 11 is 0. The van der Waals surface area contributed by atoms with Crippen LogP contribution in [0.15, 0.2) is 30.5 Å². The highest BCUT2D eigenvalue weighted by Crippen LogP contribution is 2.30. The summed E-state index contributed by atoms with van der Waals surface area (Å²) in [5.74, 6) is -7.21. The number of nitrogens with zero attached hydrogens (tertiary/aromatic N) is 3. The van der Waals surface area contributed by atoms with E-state index in [0.717, 1.165) is 12.3 Å². The van der Waals surface area contributed by atoms with E-state index in [2.05, 4.69) is 20.4 Å². The zero-order valence-electron chi connectivity index (χ0n) is 21.4. The average molecular weight is 571 g/mol. The highest BCUT2D eigenvalue weighted by Gasteiger charge is 2.41. The summed E-state index contributed by atoms with van der Waals surface area (Å²) in [7, 11) is -1.73. The second-order valence-corrected chi connectivity index (χ2v) is 8.90. The number of imide groups is 1. The van der Waals surface area contributed by atoms with Crippen LogP contribution in [-0.4, -0.2) is 93.8 Å². The molecule has 2 aliphatic heterocycles. The van der Waals surface area contributed by atoms with Crippen molar-refractivity contribution in [2.24, 2.45) is 0 Å². The van der Waals surface area contributed by atoms with E-state index in [1.54, 1.807) is 6.92 Å². The third-order valence-corrected chi connectivity index (χ3v) is 6.45. The first kappa shape index (κ1) is 28.9. The fourth-order valence-corrected chi connectivity index (χ4v) is 4.38. The number of carboxylic acids is 1. The van der Waals surface area contributed by atoms with Crippen molar-refractivity contribution in [3.8, 4) is 11.5 Å². The van der Waals surface area contributed by atoms with Crippen molar-refractivity contribution in [2.45, 2.75) is 25.3 Å². The average Bonchev–Trinajstić information content (AvgIpc) is 2.93. The summed E-state index contributed by atoms with van der Waals surface area (Å²) in [5, 5.41) is 24.5. The third kappa shape index (κ3) is 5.93. The number of pyridine rings is 1. The van der Waals surface area contributed by atoms with Crippen LogP contribution in [0.2, 0.25) is 0 Å². The number of benzene rings is 1. The molecule has 4 N–H and O–H groups in total. The maximum Gasteiger partial charge on any atom is 0.547 e. The number of aromatic carboxylic acids is 1. The van der Waals surface area contributed by atoms with Crippen molar-refractivity contribution in [2.75, 3.05) is 19.6 Å². The molecule has 0 spiro atoms. The fraction of sp³-hybridized carbons (Fsp3) is 0.292. The van der Waals surface area contributed by atoms with Crippen LogP contribution in [-0.2, 0) is 25.6 Å². The molecule has 41 heavy (non-hydrogen) atoms. The number of urea groups is 1. The number of likely N-dealkylation sites (N-methyl/N-ethyl adjacent to an activating group) is 1. The third-order valence-electron chi connectivity index (χ3n) is 6.45. The SMILES string of the molecule is CCN1CCN(C(=O)NC(C(=O)N[C@H]2Cc3cccc(C(=O)O)c3OB2O)c2ncc(OC=O)cc2F)C(=O)C1=O. The van der Waals surface area contributed by atoms with Gasteiger partial charge in [-0.1, -0.05) is 12.1 Å². The summed E-state index contributed by atoms with van der Waals surface area (Å²) in [6.07, 6.45) is 0.814. The molecule has 0 aliphatic carbocycles. The van der Waals surface area contributed by atoms with Crippen LogP contribution >= 0.6 is 0 Å². The molecule has 15 nitrogen and oxygen atoms in total. The number of carbonyl (C=O) groups is 6. The van der Waals surface area contributed by atoms with Crippen molar-refractivity contribution in [1.29, 1.82) is 0 Å². The van der Waals surface area contributed by atoms with Crippen molar-refractivity contribution in [3.05, 3.63) is 53.1 Å². The number of hydrogen-bond acceptors (Lipinski definition) is 10. The molecule has 0 saturated carbocycles. The van der Waals surface area contributed by atoms with Crippen molar-refractivity contribution in [1.82, 2.24) is 25.4 Å². The topological polar surface area (TPSA) is 205 Å². The number of para-hydroxylation sites is 1. The smallest absolute Gasteiger partial charge is 0.534 e. The van der Waals surface area contributed by atoms with Gasteiger partial charge in [0, 0.05) is 25.7 Å². The first-order valence-corrected chi connectivity index (χ1v) is 12.2. The largest absolute Gasteiger partial charge is 0.547 e. The van der Waals surface area contributed by atoms with E-state index in [0.29, 0.717) is 10.5 Å². The molecule has 0 bridgehead atoms. The highest BCUT2D eigenvalue weighted by molar-refractivity contribution is 6.47. The summed E-state index contributed by atoms with van der Waals surface area (Å²) < 4.78 is 24.9. The molecule has 1 aromatic carbocycles. The quantitative estimate of drug-likeness (QED) is 0.172. The van der Waals surface area contributed by atoms with Gasteiger partial charge in [-0.15, -0.1) is 0 Å². The van der Waals surface area contributed by atoms with Gasteiger partial charge in [0.25, 0.3) is 6.47 Å². The van der Waals surface area contributed by atoms with E-state index < -0.39 is 60.3 Å². The number of fused-ring (bicyclic) bond motifs is 1. The Kier molecular flexibility index (Phi) is 8.46. The van der Waals surface area contributed by atoms with Gasteiger partial charge in [0.15, 0.2) is 17.6 Å². The molecule has 2 aliphatic rings. The molecular formula is C24H23BFN5O10. The Hall–Kier alpha value is -5.06. The molecule has 1 fully saturated rings. The molecular weight excluding hydrogens is 548 g/mol. The Morgan fingerprint density at radius 3 is 2.71 bits per heavy atom. The molecule has 214 valence electrons. The van der Waals surface area contributed by atoms with Gasteiger partial charge in [0.05, 0.1) is 17.7 Å². The number of hydrogen-bond donors (Lipinski definition) is 4. The molecule has 3 heterocycles. The lowest BCUT2D eigenvalue weighted by molar-refractivity contribution is -0.153. The molecule has 17 heteroatoms. The van der Waals surface area contributed by atoms with Crippen LogP contribution in [0.25, 0.3) is 0 Å². The minimum absolute atomic E-state index is 0.0265. The predicted molar refractivity (Wildman–Crippen MR) is 134 cm³/mol. The van der Waals surface area contributed by atoms with E-state index >= 15 is 4.39 Å². The molecule has 0 radical (unpaired) electrons. The summed E-state index contributed by atoms with van der Waals surface area (Å²) in [6, 6.07) is 1.89. The van der Waals surface area contributed by atoms with E-state index in [1.807, 2.05) is 0 Å². The number of amides is 5. The fourth-order valence-electron chi connectivity index (χ4n) is 4.38. The minimum atomic E-state index is -1.90. The summed E-state index contributed by atoms with van der Waals surface area (Å²) in [4.78, 5) is 78.9. The van der Waals surface area contributed by atoms with Crippen LogP contribution in [0.4, 0.5) is 9.18 Å². The van der Waals surface area contributed by atoms with E-state index in [1.165, 1.54) is 23.1 Å². The van der Waals surface area contributed by atoms with Crippen LogP contribution in [0.5, 0.6) is 11.5 Å². The molecule has 1 unspecified atom stereocenters. The highest BCUT2D eigenvalue weighted by atomic mass is 19.1. The zero-order chi connectivity index (χ0) is 29.8. The number of piperazine rings is 1. The standard InChI is InChI=1S/C24H23BFN5O10/c1-2-30-6-7-31(22(35)21(30)34)24(38)29-18(17-15(26)9-13(10-27-17)40-11-32)20(33)28-16-8-12-4-3-5-14(23(36)37)19(12)41-25(16)39/h3-5,9-11,16,18,39H,2,6-8H2,1H3,(H,28,33)(H,29,38)(H,36,37)/t16-,18?/m0/s1. The summed E-state index contributed by atoms with van der Waals surface area (Å²) in [6.45, 7) is 1.76. The van der Waals surface area contributed by atoms with Crippen molar-refractivity contribution in [3.63, 3.8) is 0 Å². The molecule has 1 aromatic heterocycles. The normalized spacial score (nSPS) is 17.2. The first-order valence-electron chi connectivity index (χ1n) is 12.2. The lowest BCUT2D eigenvalue weighted by Crippen LogP contribution is -2.60. The molecule has 1 saturated heterocycles. The number of rotatable bonds is 8. The number of carbonyl (C=O) groups excluding carboxylic acids is 5. The first-order chi connectivity index (χ1) is 19.5. The second-order valence-electron chi connectivity index (χ2n) is 8.90. The van der Waals surface area contributed by atoms with Crippen molar-refractivity contribution < 1.29 is 52.7 Å².